The molecule has 1 saturated carbocycles. The molecule has 0 spiro atoms. The van der Waals surface area contributed by atoms with Crippen molar-refractivity contribution in [2.45, 2.75) is 23.8 Å². The Labute approximate surface area is 139 Å². The number of rotatable bonds is 5. The molecule has 122 valence electrons. The maximum absolute atomic E-state index is 12.0. The summed E-state index contributed by atoms with van der Waals surface area (Å²) >= 11 is 0. The van der Waals surface area contributed by atoms with Crippen LogP contribution in [0, 0.1) is 0 Å². The Morgan fingerprint density at radius 1 is 1.04 bits per heavy atom. The maximum atomic E-state index is 12.0. The lowest BCUT2D eigenvalue weighted by Gasteiger charge is -2.08. The molecule has 0 bridgehead atoms. The first-order valence-corrected chi connectivity index (χ1v) is 9.37. The van der Waals surface area contributed by atoms with Crippen LogP contribution in [-0.4, -0.2) is 28.6 Å². The third-order valence-corrected chi connectivity index (χ3v) is 6.13. The Kier molecular flexibility index (Phi) is 3.65. The largest absolute Gasteiger partial charge is 0.438 e. The fourth-order valence-corrected chi connectivity index (χ4v) is 4.24. The molecule has 4 rings (SSSR count). The highest BCUT2D eigenvalue weighted by molar-refractivity contribution is 7.91. The predicted molar refractivity (Wildman–Crippen MR) is 89.5 cm³/mol. The van der Waals surface area contributed by atoms with E-state index in [9.17, 15) is 8.42 Å². The number of aromatic nitrogens is 3. The summed E-state index contributed by atoms with van der Waals surface area (Å²) in [6, 6.07) is 10.7. The van der Waals surface area contributed by atoms with Crippen molar-refractivity contribution in [2.75, 3.05) is 0 Å². The van der Waals surface area contributed by atoms with Gasteiger partial charge >= 0.3 is 0 Å². The molecule has 7 heteroatoms. The molecule has 0 saturated heterocycles. The fraction of sp³-hybridized carbons (Fsp3) is 0.235. The van der Waals surface area contributed by atoms with Gasteiger partial charge in [0.05, 0.1) is 16.4 Å². The van der Waals surface area contributed by atoms with Gasteiger partial charge in [-0.1, -0.05) is 12.1 Å². The monoisotopic (exact) mass is 341 g/mol. The summed E-state index contributed by atoms with van der Waals surface area (Å²) in [5.74, 6) is 1.09. The number of sulfone groups is 1. The van der Waals surface area contributed by atoms with E-state index in [0.717, 1.165) is 23.8 Å². The van der Waals surface area contributed by atoms with Crippen LogP contribution in [0.1, 0.15) is 18.4 Å². The van der Waals surface area contributed by atoms with E-state index in [-0.39, 0.29) is 11.0 Å². The van der Waals surface area contributed by atoms with Crippen molar-refractivity contribution in [1.82, 2.24) is 15.0 Å². The molecule has 1 aromatic carbocycles. The Morgan fingerprint density at radius 3 is 2.58 bits per heavy atom. The van der Waals surface area contributed by atoms with Crippen molar-refractivity contribution in [3.63, 3.8) is 0 Å². The maximum Gasteiger partial charge on any atom is 0.231 e. The number of pyridine rings is 1. The zero-order chi connectivity index (χ0) is 16.6. The molecular formula is C17H15N3O3S. The number of ether oxygens (including phenoxy) is 1. The molecule has 2 aromatic heterocycles. The molecule has 0 radical (unpaired) electrons. The van der Waals surface area contributed by atoms with Crippen LogP contribution >= 0.6 is 0 Å². The standard InChI is InChI=1S/C17H15N3O3S/c21-24(22,14-7-8-14)10-12-3-5-13(6-4-12)23-17-15-2-1-9-18-16(15)19-11-20-17/h1-6,9,11,14H,7-8,10H2. The summed E-state index contributed by atoms with van der Waals surface area (Å²) in [4.78, 5) is 12.4. The van der Waals surface area contributed by atoms with Gasteiger partial charge in [-0.3, -0.25) is 0 Å². The van der Waals surface area contributed by atoms with Crippen molar-refractivity contribution in [3.05, 3.63) is 54.5 Å². The van der Waals surface area contributed by atoms with Crippen LogP contribution in [0.5, 0.6) is 11.6 Å². The number of benzene rings is 1. The molecule has 1 fully saturated rings. The average Bonchev–Trinajstić information content (AvgIpc) is 3.42. The third kappa shape index (κ3) is 3.07. The molecule has 1 aliphatic carbocycles. The minimum atomic E-state index is -3.01. The average molecular weight is 341 g/mol. The van der Waals surface area contributed by atoms with Gasteiger partial charge in [-0.2, -0.15) is 0 Å². The minimum absolute atomic E-state index is 0.0817. The molecule has 0 aliphatic heterocycles. The second kappa shape index (κ2) is 5.83. The molecular weight excluding hydrogens is 326 g/mol. The molecule has 1 aliphatic rings. The van der Waals surface area contributed by atoms with Gasteiger partial charge in [-0.15, -0.1) is 0 Å². The number of hydrogen-bond acceptors (Lipinski definition) is 6. The molecule has 2 heterocycles. The Balaban J connectivity index is 1.55. The quantitative estimate of drug-likeness (QED) is 0.710. The minimum Gasteiger partial charge on any atom is -0.438 e. The summed E-state index contributed by atoms with van der Waals surface area (Å²) in [6.45, 7) is 0. The molecule has 0 unspecified atom stereocenters. The molecule has 3 aromatic rings. The fourth-order valence-electron chi connectivity index (χ4n) is 2.50. The van der Waals surface area contributed by atoms with Gasteiger partial charge in [0.2, 0.25) is 5.88 Å². The highest BCUT2D eigenvalue weighted by Crippen LogP contribution is 2.31. The van der Waals surface area contributed by atoms with Gasteiger partial charge in [0.15, 0.2) is 15.5 Å². The second-order valence-corrected chi connectivity index (χ2v) is 8.09. The molecule has 0 amide bonds. The van der Waals surface area contributed by atoms with Crippen LogP contribution in [0.25, 0.3) is 11.0 Å². The number of fused-ring (bicyclic) bond motifs is 1. The number of hydrogen-bond donors (Lipinski definition) is 0. The molecule has 24 heavy (non-hydrogen) atoms. The summed E-state index contributed by atoms with van der Waals surface area (Å²) in [6.07, 6.45) is 4.64. The summed E-state index contributed by atoms with van der Waals surface area (Å²) in [7, 11) is -3.01. The van der Waals surface area contributed by atoms with E-state index in [1.807, 2.05) is 6.07 Å². The zero-order valence-corrected chi connectivity index (χ0v) is 13.6. The van der Waals surface area contributed by atoms with Gasteiger partial charge in [-0.25, -0.2) is 23.4 Å². The lowest BCUT2D eigenvalue weighted by molar-refractivity contribution is 0.468. The van der Waals surface area contributed by atoms with Crippen LogP contribution in [-0.2, 0) is 15.6 Å². The van der Waals surface area contributed by atoms with Gasteiger partial charge in [-0.05, 0) is 42.7 Å². The van der Waals surface area contributed by atoms with Gasteiger partial charge in [0.1, 0.15) is 12.1 Å². The summed E-state index contributed by atoms with van der Waals surface area (Å²) in [5.41, 5.74) is 1.33. The Morgan fingerprint density at radius 2 is 1.83 bits per heavy atom. The van der Waals surface area contributed by atoms with Crippen LogP contribution in [0.4, 0.5) is 0 Å². The topological polar surface area (TPSA) is 82.0 Å². The van der Waals surface area contributed by atoms with Crippen LogP contribution in [0.15, 0.2) is 48.9 Å². The molecule has 6 nitrogen and oxygen atoms in total. The van der Waals surface area contributed by atoms with E-state index in [1.54, 1.807) is 36.5 Å². The number of nitrogens with zero attached hydrogens (tertiary/aromatic N) is 3. The first-order chi connectivity index (χ1) is 11.6. The van der Waals surface area contributed by atoms with Crippen molar-refractivity contribution >= 4 is 20.9 Å². The molecule has 0 N–H and O–H groups in total. The first-order valence-electron chi connectivity index (χ1n) is 7.66. The second-order valence-electron chi connectivity index (χ2n) is 5.81. The molecule has 0 atom stereocenters. The van der Waals surface area contributed by atoms with Crippen LogP contribution in [0.2, 0.25) is 0 Å². The predicted octanol–water partition coefficient (Wildman–Crippen LogP) is 2.89. The first kappa shape index (κ1) is 15.0. The lowest BCUT2D eigenvalue weighted by Crippen LogP contribution is -2.09. The van der Waals surface area contributed by atoms with Crippen molar-refractivity contribution in [3.8, 4) is 11.6 Å². The summed E-state index contributed by atoms with van der Waals surface area (Å²) in [5, 5.41) is 0.577. The lowest BCUT2D eigenvalue weighted by atomic mass is 10.2. The SMILES string of the molecule is O=S(=O)(Cc1ccc(Oc2ncnc3ncccc23)cc1)C1CC1. The van der Waals surface area contributed by atoms with Crippen molar-refractivity contribution in [2.24, 2.45) is 0 Å². The highest BCUT2D eigenvalue weighted by atomic mass is 32.2. The van der Waals surface area contributed by atoms with E-state index in [4.69, 9.17) is 4.74 Å². The van der Waals surface area contributed by atoms with Gasteiger partial charge in [0, 0.05) is 6.20 Å². The Hall–Kier alpha value is -2.54. The van der Waals surface area contributed by atoms with Crippen LogP contribution in [0.3, 0.4) is 0 Å². The van der Waals surface area contributed by atoms with Gasteiger partial charge in [0.25, 0.3) is 0 Å². The zero-order valence-electron chi connectivity index (χ0n) is 12.8. The van der Waals surface area contributed by atoms with E-state index in [1.165, 1.54) is 6.33 Å². The summed E-state index contributed by atoms with van der Waals surface area (Å²) < 4.78 is 29.9. The van der Waals surface area contributed by atoms with E-state index < -0.39 is 9.84 Å². The van der Waals surface area contributed by atoms with Crippen LogP contribution < -0.4 is 4.74 Å². The highest BCUT2D eigenvalue weighted by Gasteiger charge is 2.35. The van der Waals surface area contributed by atoms with Crippen molar-refractivity contribution in [1.29, 1.82) is 0 Å². The van der Waals surface area contributed by atoms with E-state index >= 15 is 0 Å². The smallest absolute Gasteiger partial charge is 0.231 e. The van der Waals surface area contributed by atoms with Gasteiger partial charge < -0.3 is 4.74 Å². The van der Waals surface area contributed by atoms with E-state index in [0.29, 0.717) is 17.3 Å². The normalized spacial score (nSPS) is 14.7. The van der Waals surface area contributed by atoms with Crippen molar-refractivity contribution < 1.29 is 13.2 Å². The third-order valence-electron chi connectivity index (χ3n) is 3.91. The Bertz CT molecular complexity index is 978. The van der Waals surface area contributed by atoms with E-state index in [2.05, 4.69) is 15.0 Å².